The molecule has 2 aromatic carbocycles. The number of aromatic amines is 1. The van der Waals surface area contributed by atoms with E-state index in [9.17, 15) is 24.9 Å². The number of phenols is 1. The number of aliphatic hydroxyl groups is 2. The smallest absolute Gasteiger partial charge is 0.349 e. The number of fused-ring (bicyclic) bond motifs is 1. The van der Waals surface area contributed by atoms with E-state index in [1.165, 1.54) is 34.8 Å². The van der Waals surface area contributed by atoms with Gasteiger partial charge in [0.1, 0.15) is 23.4 Å². The second kappa shape index (κ2) is 18.1. The van der Waals surface area contributed by atoms with Gasteiger partial charge in [-0.1, -0.05) is 29.8 Å². The molecule has 0 saturated heterocycles. The molecule has 13 heteroatoms. The van der Waals surface area contributed by atoms with Crippen LogP contribution in [0.2, 0.25) is 5.02 Å². The van der Waals surface area contributed by atoms with Gasteiger partial charge in [-0.3, -0.25) is 4.79 Å². The van der Waals surface area contributed by atoms with Crippen molar-refractivity contribution in [1.29, 1.82) is 0 Å². The van der Waals surface area contributed by atoms with Crippen molar-refractivity contribution >= 4 is 51.1 Å². The number of methoxy groups -OCH3 is 1. The Morgan fingerprint density at radius 1 is 1.00 bits per heavy atom. The summed E-state index contributed by atoms with van der Waals surface area (Å²) < 4.78 is 17.7. The quantitative estimate of drug-likeness (QED) is 0.0545. The first kappa shape index (κ1) is 39.8. The van der Waals surface area contributed by atoms with Crippen molar-refractivity contribution in [3.8, 4) is 17.2 Å². The molecule has 0 amide bonds. The number of aliphatic hydroxyl groups excluding tert-OH is 1. The number of rotatable bonds is 17. The molecule has 54 heavy (non-hydrogen) atoms. The van der Waals surface area contributed by atoms with Gasteiger partial charge in [-0.25, -0.2) is 4.79 Å². The van der Waals surface area contributed by atoms with E-state index in [4.69, 9.17) is 25.8 Å². The number of aromatic nitrogens is 1. The Hall–Kier alpha value is -3.91. The van der Waals surface area contributed by atoms with Gasteiger partial charge in [0.15, 0.2) is 0 Å². The first-order chi connectivity index (χ1) is 26.1. The van der Waals surface area contributed by atoms with Crippen LogP contribution in [-0.4, -0.2) is 70.6 Å². The summed E-state index contributed by atoms with van der Waals surface area (Å²) in [4.78, 5) is 31.3. The van der Waals surface area contributed by atoms with Crippen LogP contribution in [-0.2, 0) is 21.6 Å². The highest BCUT2D eigenvalue weighted by Gasteiger charge is 2.45. The van der Waals surface area contributed by atoms with Crippen molar-refractivity contribution in [2.75, 3.05) is 27.3 Å². The molecule has 0 aliphatic heterocycles. The molecule has 0 radical (unpaired) electrons. The zero-order valence-corrected chi connectivity index (χ0v) is 32.9. The normalized spacial score (nSPS) is 16.8. The van der Waals surface area contributed by atoms with Crippen molar-refractivity contribution in [3.63, 3.8) is 0 Å². The van der Waals surface area contributed by atoms with E-state index in [-0.39, 0.29) is 17.4 Å². The average molecular weight is 795 g/mol. The van der Waals surface area contributed by atoms with Gasteiger partial charge in [0.05, 0.1) is 40.1 Å². The fourth-order valence-electron chi connectivity index (χ4n) is 7.22. The number of hydrogen-bond acceptors (Lipinski definition) is 11. The third-order valence-corrected chi connectivity index (χ3v) is 12.5. The Morgan fingerprint density at radius 2 is 1.72 bits per heavy atom. The fourth-order valence-corrected chi connectivity index (χ4v) is 9.18. The number of hydrogen-bond donors (Lipinski definition) is 4. The topological polar surface area (TPSA) is 142 Å². The Balaban J connectivity index is 0.917. The summed E-state index contributed by atoms with van der Waals surface area (Å²) in [5.41, 5.74) is -0.242. The van der Waals surface area contributed by atoms with E-state index in [2.05, 4.69) is 16.9 Å². The molecule has 1 saturated carbocycles. The summed E-state index contributed by atoms with van der Waals surface area (Å²) >= 11 is 9.33. The lowest BCUT2D eigenvalue weighted by molar-refractivity contribution is -0.169. The number of thiophene rings is 2. The number of nitrogens with one attached hydrogen (secondary N) is 1. The fraction of sp³-hybridized carbons (Fsp3) is 0.415. The van der Waals surface area contributed by atoms with Gasteiger partial charge in [-0.05, 0) is 124 Å². The number of esters is 1. The van der Waals surface area contributed by atoms with Crippen LogP contribution in [0.1, 0.15) is 78.4 Å². The first-order valence-electron chi connectivity index (χ1n) is 18.3. The van der Waals surface area contributed by atoms with Crippen LogP contribution < -0.4 is 15.0 Å². The van der Waals surface area contributed by atoms with E-state index in [0.717, 1.165) is 50.6 Å². The number of nitrogens with zero attached hydrogens (tertiary/aromatic N) is 1. The Morgan fingerprint density at radius 3 is 2.39 bits per heavy atom. The predicted molar refractivity (Wildman–Crippen MR) is 213 cm³/mol. The molecule has 10 nitrogen and oxygen atoms in total. The number of aromatic hydroxyl groups is 1. The molecule has 0 spiro atoms. The molecule has 6 rings (SSSR count). The van der Waals surface area contributed by atoms with E-state index < -0.39 is 17.7 Å². The summed E-state index contributed by atoms with van der Waals surface area (Å²) in [6.07, 6.45) is 5.85. The highest BCUT2D eigenvalue weighted by atomic mass is 35.5. The summed E-state index contributed by atoms with van der Waals surface area (Å²) in [5, 5.41) is 37.5. The zero-order chi connectivity index (χ0) is 38.2. The Bertz CT molecular complexity index is 2010. The Labute approximate surface area is 327 Å². The van der Waals surface area contributed by atoms with E-state index in [0.29, 0.717) is 74.7 Å². The number of benzene rings is 2. The van der Waals surface area contributed by atoms with Crippen molar-refractivity contribution in [3.05, 3.63) is 108 Å². The van der Waals surface area contributed by atoms with Crippen LogP contribution in [0.3, 0.4) is 0 Å². The molecule has 0 unspecified atom stereocenters. The summed E-state index contributed by atoms with van der Waals surface area (Å²) in [7, 11) is 3.75. The van der Waals surface area contributed by atoms with Gasteiger partial charge in [0.25, 0.3) is 0 Å². The van der Waals surface area contributed by atoms with Gasteiger partial charge in [-0.15, -0.1) is 22.7 Å². The molecule has 1 atom stereocenters. The van der Waals surface area contributed by atoms with E-state index in [1.807, 2.05) is 35.0 Å². The SMILES string of the molecule is COc1cc(OCCCCN(C)C2CCC(OC(=O)C(O)(c3cccs3)c3cccs3)CC2)c(Cl)cc1CCC[C@H](O)c1ccc(O)c2[nH]c(=O)ccc12. The number of ether oxygens (including phenoxy) is 3. The average Bonchev–Trinajstić information content (AvgIpc) is 3.92. The van der Waals surface area contributed by atoms with Crippen molar-refractivity contribution in [2.45, 2.75) is 81.6 Å². The monoisotopic (exact) mass is 794 g/mol. The molecule has 4 N–H and O–H groups in total. The maximum atomic E-state index is 13.4. The lowest BCUT2D eigenvalue weighted by Gasteiger charge is -2.35. The van der Waals surface area contributed by atoms with Gasteiger partial charge >= 0.3 is 5.97 Å². The lowest BCUT2D eigenvalue weighted by atomic mass is 9.91. The second-order valence-corrected chi connectivity index (χ2v) is 16.1. The van der Waals surface area contributed by atoms with E-state index >= 15 is 0 Å². The van der Waals surface area contributed by atoms with Crippen molar-refractivity contribution < 1.29 is 34.3 Å². The molecule has 288 valence electrons. The van der Waals surface area contributed by atoms with Gasteiger partial charge in [0.2, 0.25) is 11.2 Å². The zero-order valence-electron chi connectivity index (χ0n) is 30.5. The number of H-pyrrole nitrogens is 1. The molecule has 0 bridgehead atoms. The first-order valence-corrected chi connectivity index (χ1v) is 20.5. The number of carbonyl (C=O) groups is 1. The highest BCUT2D eigenvalue weighted by molar-refractivity contribution is 7.12. The molecule has 5 aromatic rings. The van der Waals surface area contributed by atoms with Gasteiger partial charge < -0.3 is 39.4 Å². The molecule has 3 heterocycles. The summed E-state index contributed by atoms with van der Waals surface area (Å²) in [6, 6.07) is 17.4. The largest absolute Gasteiger partial charge is 0.506 e. The van der Waals surface area contributed by atoms with Crippen LogP contribution in [0.5, 0.6) is 17.2 Å². The van der Waals surface area contributed by atoms with Crippen LogP contribution >= 0.6 is 34.3 Å². The molecule has 1 aliphatic carbocycles. The third-order valence-electron chi connectivity index (χ3n) is 10.3. The molecule has 3 aromatic heterocycles. The second-order valence-electron chi connectivity index (χ2n) is 13.8. The summed E-state index contributed by atoms with van der Waals surface area (Å²) in [6.45, 7) is 1.42. The number of halogens is 1. The number of phenolic OH excluding ortho intramolecular Hbond substituents is 1. The minimum atomic E-state index is -1.78. The van der Waals surface area contributed by atoms with Crippen molar-refractivity contribution in [1.82, 2.24) is 9.88 Å². The lowest BCUT2D eigenvalue weighted by Crippen LogP contribution is -2.42. The van der Waals surface area contributed by atoms with Crippen LogP contribution in [0.25, 0.3) is 10.9 Å². The van der Waals surface area contributed by atoms with E-state index in [1.54, 1.807) is 31.4 Å². The van der Waals surface area contributed by atoms with Crippen LogP contribution in [0, 0.1) is 0 Å². The molecular formula is C41H47ClN2O8S2. The molecule has 1 fully saturated rings. The molecular weight excluding hydrogens is 748 g/mol. The maximum absolute atomic E-state index is 13.4. The standard InChI is InChI=1S/C41H47ClN2O8S2/c1-44(27-12-14-28(15-13-27)52-40(48)41(49,36-10-6-22-53-36)37-11-7-23-54-37)20-3-4-21-51-35-25-34(50-2)26(24-31(35)42)8-5-9-32(45)29-16-18-33(46)39-30(29)17-19-38(47)43-39/h6-7,10-11,16-19,22-25,27-28,32,45-46,49H,3-5,8-9,12-15,20-21H2,1-2H3,(H,43,47)/t27?,28?,32-/m0/s1. The Kier molecular flexibility index (Phi) is 13.4. The highest BCUT2D eigenvalue weighted by Crippen LogP contribution is 2.39. The van der Waals surface area contributed by atoms with Crippen molar-refractivity contribution in [2.24, 2.45) is 0 Å². The van der Waals surface area contributed by atoms with Gasteiger partial charge in [0, 0.05) is 23.6 Å². The number of aryl methyl sites for hydroxylation is 1. The minimum Gasteiger partial charge on any atom is -0.506 e. The molecule has 1 aliphatic rings. The number of carbonyl (C=O) groups excluding carboxylic acids is 1. The number of pyridine rings is 1. The third kappa shape index (κ3) is 9.13. The maximum Gasteiger partial charge on any atom is 0.349 e. The van der Waals surface area contributed by atoms with Gasteiger partial charge in [-0.2, -0.15) is 0 Å². The van der Waals surface area contributed by atoms with Crippen LogP contribution in [0.15, 0.2) is 76.2 Å². The van der Waals surface area contributed by atoms with Crippen LogP contribution in [0.4, 0.5) is 0 Å². The summed E-state index contributed by atoms with van der Waals surface area (Å²) in [5.74, 6) is 0.585. The minimum absolute atomic E-state index is 0.0417. The predicted octanol–water partition coefficient (Wildman–Crippen LogP) is 7.96. The number of unbranched alkanes of at least 4 members (excludes halogenated alkanes) is 1.